The zero-order chi connectivity index (χ0) is 13.1. The third kappa shape index (κ3) is 4.33. The van der Waals surface area contributed by atoms with Crippen LogP contribution in [0.1, 0.15) is 45.7 Å². The number of halogens is 1. The lowest BCUT2D eigenvalue weighted by Gasteiger charge is -2.31. The molecule has 1 N–H and O–H groups in total. The second kappa shape index (κ2) is 5.88. The lowest BCUT2D eigenvalue weighted by atomic mass is 9.77. The van der Waals surface area contributed by atoms with Gasteiger partial charge in [-0.15, -0.1) is 0 Å². The van der Waals surface area contributed by atoms with Crippen LogP contribution in [0.4, 0.5) is 0 Å². The maximum absolute atomic E-state index is 5.92. The molecular formula is C15H24ClN. The highest BCUT2D eigenvalue weighted by molar-refractivity contribution is 6.30. The predicted octanol–water partition coefficient (Wildman–Crippen LogP) is 4.67. The summed E-state index contributed by atoms with van der Waals surface area (Å²) in [5.41, 5.74) is 1.66. The van der Waals surface area contributed by atoms with Crippen molar-refractivity contribution in [1.29, 1.82) is 0 Å². The molecule has 1 nitrogen and oxygen atoms in total. The molecule has 0 spiro atoms. The molecule has 0 saturated heterocycles. The molecule has 1 aromatic rings. The normalized spacial score (nSPS) is 15.6. The summed E-state index contributed by atoms with van der Waals surface area (Å²) in [6.45, 7) is 9.21. The summed E-state index contributed by atoms with van der Waals surface area (Å²) in [5, 5.41) is 4.20. The highest BCUT2D eigenvalue weighted by Gasteiger charge is 2.23. The second-order valence-corrected chi connectivity index (χ2v) is 6.33. The molecule has 0 amide bonds. The molecule has 96 valence electrons. The van der Waals surface area contributed by atoms with E-state index in [0.717, 1.165) is 11.4 Å². The van der Waals surface area contributed by atoms with Crippen molar-refractivity contribution < 1.29 is 0 Å². The Bertz CT molecular complexity index is 337. The first-order valence-corrected chi connectivity index (χ1v) is 6.65. The summed E-state index contributed by atoms with van der Waals surface area (Å²) >= 11 is 5.92. The van der Waals surface area contributed by atoms with Crippen LogP contribution in [0, 0.1) is 11.3 Å². The van der Waals surface area contributed by atoms with E-state index in [0.29, 0.717) is 17.4 Å². The molecule has 0 heterocycles. The van der Waals surface area contributed by atoms with Gasteiger partial charge in [0.05, 0.1) is 0 Å². The molecule has 0 aliphatic carbocycles. The molecule has 1 rings (SSSR count). The Balaban J connectivity index is 2.75. The summed E-state index contributed by atoms with van der Waals surface area (Å²) in [7, 11) is 2.02. The van der Waals surface area contributed by atoms with E-state index in [1.807, 2.05) is 19.2 Å². The van der Waals surface area contributed by atoms with Gasteiger partial charge in [-0.05, 0) is 42.5 Å². The molecule has 2 unspecified atom stereocenters. The van der Waals surface area contributed by atoms with Crippen molar-refractivity contribution in [3.05, 3.63) is 34.9 Å². The Kier molecular flexibility index (Phi) is 5.03. The van der Waals surface area contributed by atoms with Gasteiger partial charge in [0.25, 0.3) is 0 Å². The van der Waals surface area contributed by atoms with Gasteiger partial charge in [0.15, 0.2) is 0 Å². The predicted molar refractivity (Wildman–Crippen MR) is 76.5 cm³/mol. The molecule has 0 saturated carbocycles. The number of rotatable bonds is 4. The van der Waals surface area contributed by atoms with Gasteiger partial charge >= 0.3 is 0 Å². The number of nitrogens with one attached hydrogen (secondary N) is 1. The molecule has 0 radical (unpaired) electrons. The van der Waals surface area contributed by atoms with E-state index in [-0.39, 0.29) is 0 Å². The monoisotopic (exact) mass is 253 g/mol. The number of benzene rings is 1. The lowest BCUT2D eigenvalue weighted by molar-refractivity contribution is 0.226. The molecule has 2 heteroatoms. The zero-order valence-corrected chi connectivity index (χ0v) is 12.3. The topological polar surface area (TPSA) is 12.0 Å². The van der Waals surface area contributed by atoms with Crippen LogP contribution in [0.2, 0.25) is 5.02 Å². The van der Waals surface area contributed by atoms with E-state index < -0.39 is 0 Å². The van der Waals surface area contributed by atoms with E-state index in [4.69, 9.17) is 11.6 Å². The Hall–Kier alpha value is -0.530. The molecule has 2 atom stereocenters. The lowest BCUT2D eigenvalue weighted by Crippen LogP contribution is -2.25. The largest absolute Gasteiger partial charge is 0.313 e. The third-order valence-corrected chi connectivity index (χ3v) is 3.94. The van der Waals surface area contributed by atoms with Gasteiger partial charge in [0.1, 0.15) is 0 Å². The van der Waals surface area contributed by atoms with Crippen LogP contribution in [0.3, 0.4) is 0 Å². The van der Waals surface area contributed by atoms with Crippen LogP contribution in [-0.4, -0.2) is 7.05 Å². The average molecular weight is 254 g/mol. The van der Waals surface area contributed by atoms with Crippen molar-refractivity contribution in [2.45, 2.75) is 40.2 Å². The minimum Gasteiger partial charge on any atom is -0.313 e. The molecular weight excluding hydrogens is 230 g/mol. The third-order valence-electron chi connectivity index (χ3n) is 3.69. The zero-order valence-electron chi connectivity index (χ0n) is 11.5. The van der Waals surface area contributed by atoms with Crippen LogP contribution in [0.5, 0.6) is 0 Å². The first-order chi connectivity index (χ1) is 7.84. The van der Waals surface area contributed by atoms with Crippen molar-refractivity contribution >= 4 is 11.6 Å². The SMILES string of the molecule is CNC(CC(C)C(C)(C)C)c1ccc(Cl)cc1. The molecule has 1 aromatic carbocycles. The van der Waals surface area contributed by atoms with Gasteiger partial charge in [-0.25, -0.2) is 0 Å². The van der Waals surface area contributed by atoms with Crippen LogP contribution in [-0.2, 0) is 0 Å². The Morgan fingerprint density at radius 2 is 1.71 bits per heavy atom. The Morgan fingerprint density at radius 3 is 2.12 bits per heavy atom. The Labute approximate surface area is 111 Å². The van der Waals surface area contributed by atoms with Gasteiger partial charge in [-0.2, -0.15) is 0 Å². The van der Waals surface area contributed by atoms with Crippen LogP contribution >= 0.6 is 11.6 Å². The number of hydrogen-bond donors (Lipinski definition) is 1. The van der Waals surface area contributed by atoms with Crippen molar-refractivity contribution in [3.8, 4) is 0 Å². The average Bonchev–Trinajstić information content (AvgIpc) is 2.25. The van der Waals surface area contributed by atoms with Crippen LogP contribution in [0.25, 0.3) is 0 Å². The van der Waals surface area contributed by atoms with E-state index in [2.05, 4.69) is 45.1 Å². The van der Waals surface area contributed by atoms with E-state index in [1.54, 1.807) is 0 Å². The summed E-state index contributed by atoms with van der Waals surface area (Å²) in [6, 6.07) is 8.55. The van der Waals surface area contributed by atoms with Crippen molar-refractivity contribution in [1.82, 2.24) is 5.32 Å². The van der Waals surface area contributed by atoms with Crippen molar-refractivity contribution in [2.75, 3.05) is 7.05 Å². The van der Waals surface area contributed by atoms with Crippen LogP contribution < -0.4 is 5.32 Å². The van der Waals surface area contributed by atoms with E-state index >= 15 is 0 Å². The Morgan fingerprint density at radius 1 is 1.18 bits per heavy atom. The molecule has 17 heavy (non-hydrogen) atoms. The molecule has 0 aliphatic rings. The fraction of sp³-hybridized carbons (Fsp3) is 0.600. The maximum atomic E-state index is 5.92. The standard InChI is InChI=1S/C15H24ClN/c1-11(15(2,3)4)10-14(17-5)12-6-8-13(16)9-7-12/h6-9,11,14,17H,10H2,1-5H3. The fourth-order valence-electron chi connectivity index (χ4n) is 1.82. The maximum Gasteiger partial charge on any atom is 0.0406 e. The van der Waals surface area contributed by atoms with Gasteiger partial charge in [-0.3, -0.25) is 0 Å². The quantitative estimate of drug-likeness (QED) is 0.822. The first-order valence-electron chi connectivity index (χ1n) is 6.27. The first kappa shape index (κ1) is 14.5. The van der Waals surface area contributed by atoms with Gasteiger partial charge in [0, 0.05) is 11.1 Å². The highest BCUT2D eigenvalue weighted by Crippen LogP contribution is 2.33. The van der Waals surface area contributed by atoms with Gasteiger partial charge in [0.2, 0.25) is 0 Å². The summed E-state index contributed by atoms with van der Waals surface area (Å²) in [4.78, 5) is 0. The summed E-state index contributed by atoms with van der Waals surface area (Å²) in [6.07, 6.45) is 1.14. The molecule has 0 bridgehead atoms. The highest BCUT2D eigenvalue weighted by atomic mass is 35.5. The molecule has 0 fully saturated rings. The number of hydrogen-bond acceptors (Lipinski definition) is 1. The minimum atomic E-state index is 0.349. The fourth-order valence-corrected chi connectivity index (χ4v) is 1.95. The van der Waals surface area contributed by atoms with E-state index in [9.17, 15) is 0 Å². The molecule has 0 aliphatic heterocycles. The van der Waals surface area contributed by atoms with Crippen LogP contribution in [0.15, 0.2) is 24.3 Å². The smallest absolute Gasteiger partial charge is 0.0406 e. The van der Waals surface area contributed by atoms with E-state index in [1.165, 1.54) is 5.56 Å². The van der Waals surface area contributed by atoms with Gasteiger partial charge in [-0.1, -0.05) is 51.4 Å². The van der Waals surface area contributed by atoms with Crippen molar-refractivity contribution in [2.24, 2.45) is 11.3 Å². The second-order valence-electron chi connectivity index (χ2n) is 5.90. The van der Waals surface area contributed by atoms with Crippen molar-refractivity contribution in [3.63, 3.8) is 0 Å². The van der Waals surface area contributed by atoms with Gasteiger partial charge < -0.3 is 5.32 Å². The molecule has 0 aromatic heterocycles. The summed E-state index contributed by atoms with van der Waals surface area (Å²) < 4.78 is 0. The summed E-state index contributed by atoms with van der Waals surface area (Å²) in [5.74, 6) is 0.663. The minimum absolute atomic E-state index is 0.349.